The summed E-state index contributed by atoms with van der Waals surface area (Å²) in [7, 11) is 0. The average Bonchev–Trinajstić information content (AvgIpc) is 2.25. The Balaban J connectivity index is 2.20. The van der Waals surface area contributed by atoms with Gasteiger partial charge in [0.2, 0.25) is 0 Å². The van der Waals surface area contributed by atoms with Crippen LogP contribution in [0.15, 0.2) is 18.2 Å². The Morgan fingerprint density at radius 2 is 2.24 bits per heavy atom. The molecule has 1 saturated carbocycles. The van der Waals surface area contributed by atoms with Crippen LogP contribution in [0.5, 0.6) is 0 Å². The first-order valence-electron chi connectivity index (χ1n) is 6.40. The van der Waals surface area contributed by atoms with Crippen LogP contribution in [0.1, 0.15) is 44.2 Å². The second kappa shape index (κ2) is 5.83. The first kappa shape index (κ1) is 12.8. The van der Waals surface area contributed by atoms with E-state index in [-0.39, 0.29) is 11.9 Å². The summed E-state index contributed by atoms with van der Waals surface area (Å²) in [4.78, 5) is 0. The van der Waals surface area contributed by atoms with Gasteiger partial charge in [-0.2, -0.15) is 0 Å². The summed E-state index contributed by atoms with van der Waals surface area (Å²) >= 11 is 6.19. The fraction of sp³-hybridized carbons (Fsp3) is 0.571. The first-order valence-corrected chi connectivity index (χ1v) is 6.78. The van der Waals surface area contributed by atoms with Crippen molar-refractivity contribution in [2.45, 2.75) is 38.6 Å². The molecule has 1 aliphatic carbocycles. The van der Waals surface area contributed by atoms with Crippen LogP contribution in [0.2, 0.25) is 5.02 Å². The minimum Gasteiger partial charge on any atom is -0.310 e. The van der Waals surface area contributed by atoms with E-state index in [0.717, 1.165) is 18.5 Å². The zero-order valence-corrected chi connectivity index (χ0v) is 10.9. The molecule has 0 aromatic heterocycles. The lowest BCUT2D eigenvalue weighted by Crippen LogP contribution is -2.33. The van der Waals surface area contributed by atoms with E-state index in [1.165, 1.54) is 25.3 Å². The van der Waals surface area contributed by atoms with Crippen LogP contribution in [-0.4, -0.2) is 6.54 Å². The standard InChI is InChI=1S/C14H19ClFN/c1-2-8-17-14(10-4-3-5-10)12-9-11(16)6-7-13(12)15/h6-7,9-10,14,17H,2-5,8H2,1H3. The van der Waals surface area contributed by atoms with Crippen LogP contribution in [0.4, 0.5) is 4.39 Å². The maximum atomic E-state index is 13.3. The molecule has 1 atom stereocenters. The SMILES string of the molecule is CCCNC(c1cc(F)ccc1Cl)C1CCC1. The average molecular weight is 256 g/mol. The highest BCUT2D eigenvalue weighted by Gasteiger charge is 2.29. The molecule has 1 aromatic rings. The van der Waals surface area contributed by atoms with Crippen molar-refractivity contribution < 1.29 is 4.39 Å². The van der Waals surface area contributed by atoms with Crippen molar-refractivity contribution >= 4 is 11.6 Å². The van der Waals surface area contributed by atoms with Crippen molar-refractivity contribution in [3.63, 3.8) is 0 Å². The van der Waals surface area contributed by atoms with Crippen LogP contribution in [0, 0.1) is 11.7 Å². The highest BCUT2D eigenvalue weighted by atomic mass is 35.5. The maximum Gasteiger partial charge on any atom is 0.123 e. The maximum absolute atomic E-state index is 13.3. The summed E-state index contributed by atoms with van der Waals surface area (Å²) < 4.78 is 13.3. The molecule has 0 aliphatic heterocycles. The van der Waals surface area contributed by atoms with E-state index in [2.05, 4.69) is 12.2 Å². The Morgan fingerprint density at radius 3 is 2.82 bits per heavy atom. The van der Waals surface area contributed by atoms with E-state index >= 15 is 0 Å². The molecule has 0 heterocycles. The Bertz CT molecular complexity index is 376. The third kappa shape index (κ3) is 2.99. The molecule has 0 saturated heterocycles. The van der Waals surface area contributed by atoms with Crippen molar-refractivity contribution in [2.75, 3.05) is 6.54 Å². The number of rotatable bonds is 5. The monoisotopic (exact) mass is 255 g/mol. The molecule has 1 unspecified atom stereocenters. The van der Waals surface area contributed by atoms with E-state index in [1.54, 1.807) is 12.1 Å². The van der Waals surface area contributed by atoms with Crippen LogP contribution >= 0.6 is 11.6 Å². The Labute approximate surface area is 107 Å². The molecule has 1 aromatic carbocycles. The molecule has 0 spiro atoms. The van der Waals surface area contributed by atoms with E-state index in [9.17, 15) is 4.39 Å². The van der Waals surface area contributed by atoms with Crippen LogP contribution in [0.25, 0.3) is 0 Å². The van der Waals surface area contributed by atoms with Crippen molar-refractivity contribution in [3.8, 4) is 0 Å². The number of nitrogens with one attached hydrogen (secondary N) is 1. The molecule has 1 N–H and O–H groups in total. The molecular formula is C14H19ClFN. The van der Waals surface area contributed by atoms with Gasteiger partial charge >= 0.3 is 0 Å². The fourth-order valence-corrected chi connectivity index (χ4v) is 2.59. The molecule has 17 heavy (non-hydrogen) atoms. The predicted molar refractivity (Wildman–Crippen MR) is 69.8 cm³/mol. The Morgan fingerprint density at radius 1 is 1.47 bits per heavy atom. The van der Waals surface area contributed by atoms with Gasteiger partial charge in [-0.25, -0.2) is 4.39 Å². The molecule has 0 radical (unpaired) electrons. The summed E-state index contributed by atoms with van der Waals surface area (Å²) in [5.74, 6) is 0.410. The lowest BCUT2D eigenvalue weighted by atomic mass is 9.77. The van der Waals surface area contributed by atoms with E-state index in [1.807, 2.05) is 0 Å². The Hall–Kier alpha value is -0.600. The van der Waals surface area contributed by atoms with Gasteiger partial charge < -0.3 is 5.32 Å². The molecule has 1 nitrogen and oxygen atoms in total. The Kier molecular flexibility index (Phi) is 4.41. The van der Waals surface area contributed by atoms with Crippen LogP contribution in [-0.2, 0) is 0 Å². The number of benzene rings is 1. The molecule has 2 rings (SSSR count). The molecule has 1 aliphatic rings. The van der Waals surface area contributed by atoms with Crippen LogP contribution < -0.4 is 5.32 Å². The van der Waals surface area contributed by atoms with Crippen molar-refractivity contribution in [3.05, 3.63) is 34.6 Å². The third-order valence-electron chi connectivity index (χ3n) is 3.53. The number of halogens is 2. The lowest BCUT2D eigenvalue weighted by molar-refractivity contribution is 0.231. The van der Waals surface area contributed by atoms with E-state index in [0.29, 0.717) is 10.9 Å². The topological polar surface area (TPSA) is 12.0 Å². The van der Waals surface area contributed by atoms with Crippen LogP contribution in [0.3, 0.4) is 0 Å². The number of hydrogen-bond donors (Lipinski definition) is 1. The summed E-state index contributed by atoms with van der Waals surface area (Å²) in [5.41, 5.74) is 0.921. The van der Waals surface area contributed by atoms with Gasteiger partial charge in [0, 0.05) is 11.1 Å². The van der Waals surface area contributed by atoms with Gasteiger partial charge in [-0.05, 0) is 55.5 Å². The highest BCUT2D eigenvalue weighted by Crippen LogP contribution is 2.40. The van der Waals surface area contributed by atoms with Gasteiger partial charge in [-0.3, -0.25) is 0 Å². The minimum atomic E-state index is -0.202. The van der Waals surface area contributed by atoms with Gasteiger partial charge in [-0.15, -0.1) is 0 Å². The quantitative estimate of drug-likeness (QED) is 0.826. The largest absolute Gasteiger partial charge is 0.310 e. The molecule has 3 heteroatoms. The summed E-state index contributed by atoms with van der Waals surface area (Å²) in [6.07, 6.45) is 4.79. The molecule has 94 valence electrons. The first-order chi connectivity index (χ1) is 8.22. The molecule has 0 amide bonds. The summed E-state index contributed by atoms with van der Waals surface area (Å²) in [5, 5.41) is 4.18. The third-order valence-corrected chi connectivity index (χ3v) is 3.87. The lowest BCUT2D eigenvalue weighted by Gasteiger charge is -2.35. The van der Waals surface area contributed by atoms with E-state index < -0.39 is 0 Å². The zero-order chi connectivity index (χ0) is 12.3. The second-order valence-corrected chi connectivity index (χ2v) is 5.20. The highest BCUT2D eigenvalue weighted by molar-refractivity contribution is 6.31. The summed E-state index contributed by atoms with van der Waals surface area (Å²) in [6, 6.07) is 4.87. The van der Waals surface area contributed by atoms with Crippen molar-refractivity contribution in [1.29, 1.82) is 0 Å². The summed E-state index contributed by atoms with van der Waals surface area (Å²) in [6.45, 7) is 3.09. The van der Waals surface area contributed by atoms with Gasteiger partial charge in [0.1, 0.15) is 5.82 Å². The van der Waals surface area contributed by atoms with Gasteiger partial charge in [0.25, 0.3) is 0 Å². The van der Waals surface area contributed by atoms with E-state index in [4.69, 9.17) is 11.6 Å². The van der Waals surface area contributed by atoms with Gasteiger partial charge in [-0.1, -0.05) is 24.9 Å². The fourth-order valence-electron chi connectivity index (χ4n) is 2.36. The predicted octanol–water partition coefficient (Wildman–Crippen LogP) is 4.32. The molecule has 1 fully saturated rings. The number of hydrogen-bond acceptors (Lipinski definition) is 1. The minimum absolute atomic E-state index is 0.202. The van der Waals surface area contributed by atoms with Crippen molar-refractivity contribution in [1.82, 2.24) is 5.32 Å². The normalized spacial score (nSPS) is 17.8. The molecule has 0 bridgehead atoms. The van der Waals surface area contributed by atoms with Gasteiger partial charge in [0.15, 0.2) is 0 Å². The zero-order valence-electron chi connectivity index (χ0n) is 10.2. The van der Waals surface area contributed by atoms with Gasteiger partial charge in [0.05, 0.1) is 0 Å². The van der Waals surface area contributed by atoms with Crippen molar-refractivity contribution in [2.24, 2.45) is 5.92 Å². The molecular weight excluding hydrogens is 237 g/mol. The smallest absolute Gasteiger partial charge is 0.123 e. The second-order valence-electron chi connectivity index (χ2n) is 4.79.